The van der Waals surface area contributed by atoms with Crippen LogP contribution in [0.15, 0.2) is 22.8 Å². The number of hydrogen-bond donors (Lipinski definition) is 1. The second-order valence-electron chi connectivity index (χ2n) is 8.40. The number of amides is 4. The molecule has 4 amide bonds. The number of nitrogens with zero attached hydrogens (tertiary/aromatic N) is 2. The fourth-order valence-electron chi connectivity index (χ4n) is 4.70. The molecule has 0 saturated carbocycles. The average Bonchev–Trinajstić information content (AvgIpc) is 3.43. The lowest BCUT2D eigenvalue weighted by Crippen LogP contribution is -2.72. The van der Waals surface area contributed by atoms with E-state index < -0.39 is 26.5 Å². The monoisotopic (exact) mass is 479 g/mol. The van der Waals surface area contributed by atoms with Crippen LogP contribution in [0.25, 0.3) is 10.3 Å². The third-order valence-electron chi connectivity index (χ3n) is 6.54. The van der Waals surface area contributed by atoms with E-state index >= 15 is 0 Å². The first-order valence-electron chi connectivity index (χ1n) is 10.3. The van der Waals surface area contributed by atoms with Crippen molar-refractivity contribution in [1.82, 2.24) is 15.1 Å². The van der Waals surface area contributed by atoms with E-state index in [1.165, 1.54) is 16.2 Å². The SMILES string of the molecule is O=C(CCN1C(=O)CCC1=O)NC1CCS(=O)(=O)C12CN(C(=O)c1cc3occc3s1)C2. The minimum absolute atomic E-state index is 0.0137. The molecule has 32 heavy (non-hydrogen) atoms. The van der Waals surface area contributed by atoms with Crippen molar-refractivity contribution in [1.29, 1.82) is 0 Å². The van der Waals surface area contributed by atoms with Gasteiger partial charge in [0.1, 0.15) is 10.3 Å². The molecule has 5 rings (SSSR count). The zero-order valence-electron chi connectivity index (χ0n) is 17.0. The van der Waals surface area contributed by atoms with Crippen molar-refractivity contribution in [2.45, 2.75) is 36.5 Å². The number of sulfone groups is 1. The highest BCUT2D eigenvalue weighted by Crippen LogP contribution is 2.42. The molecule has 2 aromatic rings. The highest BCUT2D eigenvalue weighted by molar-refractivity contribution is 7.93. The van der Waals surface area contributed by atoms with E-state index in [0.29, 0.717) is 10.5 Å². The van der Waals surface area contributed by atoms with Gasteiger partial charge < -0.3 is 14.6 Å². The molecule has 12 heteroatoms. The van der Waals surface area contributed by atoms with Crippen LogP contribution in [0.4, 0.5) is 0 Å². The van der Waals surface area contributed by atoms with Gasteiger partial charge in [-0.05, 0) is 12.5 Å². The minimum Gasteiger partial charge on any atom is -0.463 e. The fraction of sp³-hybridized carbons (Fsp3) is 0.500. The Labute approximate surface area is 187 Å². The normalized spacial score (nSPS) is 23.8. The summed E-state index contributed by atoms with van der Waals surface area (Å²) in [5.41, 5.74) is 0.613. The smallest absolute Gasteiger partial charge is 0.264 e. The number of fused-ring (bicyclic) bond motifs is 1. The van der Waals surface area contributed by atoms with Gasteiger partial charge in [0.25, 0.3) is 5.91 Å². The standard InChI is InChI=1S/C20H21N3O7S2/c24-16(3-6-23-17(25)1-2-18(23)26)21-15-5-8-32(28,29)20(15)10-22(11-20)19(27)14-9-12-13(31-14)4-7-30-12/h4,7,9,15H,1-3,5-6,8,10-11H2,(H,21,24). The fourth-order valence-corrected chi connectivity index (χ4v) is 7.92. The van der Waals surface area contributed by atoms with E-state index in [4.69, 9.17) is 4.42 Å². The summed E-state index contributed by atoms with van der Waals surface area (Å²) in [6, 6.07) is 2.80. The van der Waals surface area contributed by atoms with Crippen LogP contribution >= 0.6 is 11.3 Å². The highest BCUT2D eigenvalue weighted by atomic mass is 32.2. The molecule has 0 aromatic carbocycles. The van der Waals surface area contributed by atoms with Crippen LogP contribution in [-0.4, -0.2) is 78.0 Å². The average molecular weight is 480 g/mol. The maximum absolute atomic E-state index is 12.8. The van der Waals surface area contributed by atoms with E-state index in [1.807, 2.05) is 0 Å². The Morgan fingerprint density at radius 2 is 1.94 bits per heavy atom. The topological polar surface area (TPSA) is 134 Å². The molecule has 0 aliphatic carbocycles. The maximum Gasteiger partial charge on any atom is 0.264 e. The van der Waals surface area contributed by atoms with Crippen molar-refractivity contribution >= 4 is 55.1 Å². The predicted octanol–water partition coefficient (Wildman–Crippen LogP) is 0.531. The summed E-state index contributed by atoms with van der Waals surface area (Å²) in [6.45, 7) is 0.0170. The van der Waals surface area contributed by atoms with Crippen LogP contribution in [0.1, 0.15) is 35.4 Å². The van der Waals surface area contributed by atoms with Gasteiger partial charge in [-0.25, -0.2) is 8.42 Å². The Bertz CT molecular complexity index is 1190. The molecule has 3 saturated heterocycles. The maximum atomic E-state index is 12.8. The number of carbonyl (C=O) groups is 4. The number of likely N-dealkylation sites (tertiary alicyclic amines) is 2. The van der Waals surface area contributed by atoms with Gasteiger partial charge in [-0.1, -0.05) is 0 Å². The first-order chi connectivity index (χ1) is 15.2. The highest BCUT2D eigenvalue weighted by Gasteiger charge is 2.63. The third-order valence-corrected chi connectivity index (χ3v) is 10.2. The second-order valence-corrected chi connectivity index (χ2v) is 11.9. The zero-order valence-corrected chi connectivity index (χ0v) is 18.7. The van der Waals surface area contributed by atoms with Crippen molar-refractivity contribution in [2.24, 2.45) is 0 Å². The lowest BCUT2D eigenvalue weighted by atomic mass is 9.88. The van der Waals surface area contributed by atoms with Crippen LogP contribution in [0.3, 0.4) is 0 Å². The predicted molar refractivity (Wildman–Crippen MR) is 114 cm³/mol. The summed E-state index contributed by atoms with van der Waals surface area (Å²) in [5, 5.41) is 2.78. The van der Waals surface area contributed by atoms with Gasteiger partial charge in [0.15, 0.2) is 9.84 Å². The summed E-state index contributed by atoms with van der Waals surface area (Å²) < 4.78 is 30.6. The van der Waals surface area contributed by atoms with E-state index in [9.17, 15) is 27.6 Å². The molecule has 3 aliphatic heterocycles. The van der Waals surface area contributed by atoms with Crippen LogP contribution in [-0.2, 0) is 24.2 Å². The number of rotatable bonds is 5. The first kappa shape index (κ1) is 21.1. The van der Waals surface area contributed by atoms with Gasteiger partial charge in [0.2, 0.25) is 17.7 Å². The van der Waals surface area contributed by atoms with Gasteiger partial charge >= 0.3 is 0 Å². The van der Waals surface area contributed by atoms with Crippen LogP contribution < -0.4 is 5.32 Å². The molecule has 1 unspecified atom stereocenters. The van der Waals surface area contributed by atoms with E-state index in [-0.39, 0.29) is 68.8 Å². The Morgan fingerprint density at radius 1 is 1.22 bits per heavy atom. The molecule has 5 heterocycles. The summed E-state index contributed by atoms with van der Waals surface area (Å²) in [5.74, 6) is -1.32. The van der Waals surface area contributed by atoms with Gasteiger partial charge in [0, 0.05) is 45.0 Å². The van der Waals surface area contributed by atoms with Gasteiger partial charge in [-0.2, -0.15) is 0 Å². The lowest BCUT2D eigenvalue weighted by Gasteiger charge is -2.49. The number of imide groups is 1. The quantitative estimate of drug-likeness (QED) is 0.618. The summed E-state index contributed by atoms with van der Waals surface area (Å²) in [4.78, 5) is 51.7. The molecular weight excluding hydrogens is 458 g/mol. The van der Waals surface area contributed by atoms with Crippen LogP contribution in [0, 0.1) is 0 Å². The van der Waals surface area contributed by atoms with Crippen molar-refractivity contribution in [3.05, 3.63) is 23.3 Å². The number of furan rings is 1. The molecule has 170 valence electrons. The van der Waals surface area contributed by atoms with Gasteiger partial charge in [0.05, 0.1) is 27.6 Å². The van der Waals surface area contributed by atoms with Crippen molar-refractivity contribution in [2.75, 3.05) is 25.4 Å². The van der Waals surface area contributed by atoms with Crippen LogP contribution in [0.2, 0.25) is 0 Å². The molecule has 1 N–H and O–H groups in total. The molecular formula is C20H21N3O7S2. The van der Waals surface area contributed by atoms with Crippen molar-refractivity contribution < 1.29 is 32.0 Å². The van der Waals surface area contributed by atoms with E-state index in [1.54, 1.807) is 18.4 Å². The van der Waals surface area contributed by atoms with Crippen molar-refractivity contribution in [3.63, 3.8) is 0 Å². The molecule has 3 fully saturated rings. The van der Waals surface area contributed by atoms with E-state index in [0.717, 1.165) is 9.60 Å². The Hall–Kier alpha value is -2.73. The minimum atomic E-state index is -3.50. The van der Waals surface area contributed by atoms with E-state index in [2.05, 4.69) is 5.32 Å². The van der Waals surface area contributed by atoms with Gasteiger partial charge in [-0.15, -0.1) is 11.3 Å². The molecule has 0 radical (unpaired) electrons. The molecule has 10 nitrogen and oxygen atoms in total. The number of nitrogens with one attached hydrogen (secondary N) is 1. The summed E-state index contributed by atoms with van der Waals surface area (Å²) in [6.07, 6.45) is 2.04. The molecule has 0 bridgehead atoms. The molecule has 2 aromatic heterocycles. The Morgan fingerprint density at radius 3 is 2.62 bits per heavy atom. The Kier molecular flexibility index (Phi) is 4.89. The van der Waals surface area contributed by atoms with Crippen LogP contribution in [0.5, 0.6) is 0 Å². The second kappa shape index (κ2) is 7.41. The summed E-state index contributed by atoms with van der Waals surface area (Å²) >= 11 is 1.29. The van der Waals surface area contributed by atoms with Gasteiger partial charge in [-0.3, -0.25) is 24.1 Å². The molecule has 1 spiro atoms. The lowest BCUT2D eigenvalue weighted by molar-refractivity contribution is -0.138. The number of carbonyl (C=O) groups excluding carboxylic acids is 4. The summed E-state index contributed by atoms with van der Waals surface area (Å²) in [7, 11) is -3.50. The molecule has 3 aliphatic rings. The van der Waals surface area contributed by atoms with Crippen molar-refractivity contribution in [3.8, 4) is 0 Å². The Balaban J connectivity index is 1.24. The number of hydrogen-bond acceptors (Lipinski definition) is 8. The molecule has 1 atom stereocenters. The zero-order chi connectivity index (χ0) is 22.7. The first-order valence-corrected chi connectivity index (χ1v) is 12.8. The largest absolute Gasteiger partial charge is 0.463 e. The number of thiophene rings is 1. The third kappa shape index (κ3) is 3.24.